The van der Waals surface area contributed by atoms with Crippen molar-refractivity contribution in [1.82, 2.24) is 4.90 Å². The molecule has 0 saturated carbocycles. The van der Waals surface area contributed by atoms with Crippen LogP contribution in [-0.2, 0) is 0 Å². The van der Waals surface area contributed by atoms with Crippen molar-refractivity contribution in [2.45, 2.75) is 25.7 Å². The van der Waals surface area contributed by atoms with Crippen molar-refractivity contribution in [3.05, 3.63) is 34.9 Å². The van der Waals surface area contributed by atoms with E-state index in [1.54, 1.807) is 12.1 Å². The number of halogens is 1. The van der Waals surface area contributed by atoms with E-state index >= 15 is 0 Å². The Morgan fingerprint density at radius 2 is 2.30 bits per heavy atom. The second-order valence-corrected chi connectivity index (χ2v) is 5.94. The van der Waals surface area contributed by atoms with Crippen LogP contribution in [0.4, 0.5) is 0 Å². The molecule has 1 aliphatic heterocycles. The van der Waals surface area contributed by atoms with Gasteiger partial charge < -0.3 is 10.0 Å². The molecule has 3 nitrogen and oxygen atoms in total. The smallest absolute Gasteiger partial charge is 0.164 e. The Labute approximate surface area is 125 Å². The largest absolute Gasteiger partial charge is 0.396 e. The summed E-state index contributed by atoms with van der Waals surface area (Å²) in [6.45, 7) is 3.13. The molecular formula is C16H22ClNO2. The predicted octanol–water partition coefficient (Wildman–Crippen LogP) is 3.01. The van der Waals surface area contributed by atoms with Gasteiger partial charge in [-0.1, -0.05) is 23.7 Å². The van der Waals surface area contributed by atoms with E-state index in [0.717, 1.165) is 32.5 Å². The van der Waals surface area contributed by atoms with Gasteiger partial charge in [-0.05, 0) is 43.9 Å². The lowest BCUT2D eigenvalue weighted by Crippen LogP contribution is -2.37. The molecule has 1 fully saturated rings. The molecule has 0 spiro atoms. The number of carbonyl (C=O) groups excluding carboxylic acids is 1. The summed E-state index contributed by atoms with van der Waals surface area (Å²) >= 11 is 5.91. The highest BCUT2D eigenvalue weighted by Crippen LogP contribution is 2.20. The van der Waals surface area contributed by atoms with Crippen LogP contribution < -0.4 is 0 Å². The number of hydrogen-bond donors (Lipinski definition) is 1. The third kappa shape index (κ3) is 4.58. The van der Waals surface area contributed by atoms with Gasteiger partial charge in [-0.3, -0.25) is 4.79 Å². The van der Waals surface area contributed by atoms with Crippen molar-refractivity contribution < 1.29 is 9.90 Å². The van der Waals surface area contributed by atoms with E-state index in [9.17, 15) is 4.79 Å². The van der Waals surface area contributed by atoms with E-state index in [2.05, 4.69) is 4.90 Å². The van der Waals surface area contributed by atoms with Gasteiger partial charge in [0.1, 0.15) is 0 Å². The van der Waals surface area contributed by atoms with Crippen LogP contribution in [0.1, 0.15) is 36.0 Å². The monoisotopic (exact) mass is 295 g/mol. The minimum absolute atomic E-state index is 0.150. The highest BCUT2D eigenvalue weighted by Gasteiger charge is 2.20. The average Bonchev–Trinajstić information content (AvgIpc) is 2.45. The lowest BCUT2D eigenvalue weighted by molar-refractivity contribution is 0.0937. The van der Waals surface area contributed by atoms with Crippen molar-refractivity contribution in [2.75, 3.05) is 26.2 Å². The minimum Gasteiger partial charge on any atom is -0.396 e. The number of Topliss-reactive ketones (excluding diaryl/α,β-unsaturated/α-hetero) is 1. The fraction of sp³-hybridized carbons (Fsp3) is 0.562. The number of rotatable bonds is 6. The summed E-state index contributed by atoms with van der Waals surface area (Å²) in [6, 6.07) is 7.14. The van der Waals surface area contributed by atoms with Gasteiger partial charge in [-0.25, -0.2) is 0 Å². The predicted molar refractivity (Wildman–Crippen MR) is 81.3 cm³/mol. The van der Waals surface area contributed by atoms with Crippen LogP contribution in [0.3, 0.4) is 0 Å². The van der Waals surface area contributed by atoms with Crippen LogP contribution >= 0.6 is 11.6 Å². The maximum atomic E-state index is 12.1. The first kappa shape index (κ1) is 15.5. The SMILES string of the molecule is O=C(CCN1CCCC(CCO)C1)c1cccc(Cl)c1. The molecule has 2 rings (SSSR count). The highest BCUT2D eigenvalue weighted by molar-refractivity contribution is 6.31. The summed E-state index contributed by atoms with van der Waals surface area (Å²) < 4.78 is 0. The number of nitrogens with zero attached hydrogens (tertiary/aromatic N) is 1. The van der Waals surface area contributed by atoms with Gasteiger partial charge in [0.15, 0.2) is 5.78 Å². The Hall–Kier alpha value is -0.900. The van der Waals surface area contributed by atoms with Gasteiger partial charge in [0.25, 0.3) is 0 Å². The molecule has 4 heteroatoms. The van der Waals surface area contributed by atoms with Crippen molar-refractivity contribution in [3.63, 3.8) is 0 Å². The minimum atomic E-state index is 0.150. The lowest BCUT2D eigenvalue weighted by atomic mass is 9.95. The molecule has 1 aliphatic rings. The highest BCUT2D eigenvalue weighted by atomic mass is 35.5. The average molecular weight is 296 g/mol. The van der Waals surface area contributed by atoms with Crippen molar-refractivity contribution in [2.24, 2.45) is 5.92 Å². The molecule has 0 aromatic heterocycles. The molecule has 1 unspecified atom stereocenters. The second kappa shape index (κ2) is 7.77. The molecule has 1 N–H and O–H groups in total. The maximum absolute atomic E-state index is 12.1. The van der Waals surface area contributed by atoms with Crippen molar-refractivity contribution >= 4 is 17.4 Å². The topological polar surface area (TPSA) is 40.5 Å². The third-order valence-electron chi connectivity index (χ3n) is 3.94. The Kier molecular flexibility index (Phi) is 6.02. The summed E-state index contributed by atoms with van der Waals surface area (Å²) in [4.78, 5) is 14.5. The first-order valence-corrected chi connectivity index (χ1v) is 7.69. The molecule has 1 atom stereocenters. The van der Waals surface area contributed by atoms with Crippen LogP contribution in [0, 0.1) is 5.92 Å². The fourth-order valence-corrected chi connectivity index (χ4v) is 3.03. The van der Waals surface area contributed by atoms with E-state index in [-0.39, 0.29) is 12.4 Å². The van der Waals surface area contributed by atoms with Crippen LogP contribution in [0.2, 0.25) is 5.02 Å². The number of carbonyl (C=O) groups is 1. The number of hydrogen-bond acceptors (Lipinski definition) is 3. The van der Waals surface area contributed by atoms with Gasteiger partial charge >= 0.3 is 0 Å². The molecule has 0 radical (unpaired) electrons. The maximum Gasteiger partial charge on any atom is 0.164 e. The number of aliphatic hydroxyl groups is 1. The second-order valence-electron chi connectivity index (χ2n) is 5.50. The first-order chi connectivity index (χ1) is 9.69. The lowest BCUT2D eigenvalue weighted by Gasteiger charge is -2.32. The Balaban J connectivity index is 1.81. The summed E-state index contributed by atoms with van der Waals surface area (Å²) in [5.74, 6) is 0.729. The Morgan fingerprint density at radius 1 is 1.45 bits per heavy atom. The van der Waals surface area contributed by atoms with Crippen molar-refractivity contribution in [3.8, 4) is 0 Å². The fourth-order valence-electron chi connectivity index (χ4n) is 2.84. The standard InChI is InChI=1S/C16H22ClNO2/c17-15-5-1-4-14(11-15)16(20)6-9-18-8-2-3-13(12-18)7-10-19/h1,4-5,11,13,19H,2-3,6-10,12H2. The Bertz CT molecular complexity index is 448. The van der Waals surface area contributed by atoms with E-state index in [4.69, 9.17) is 16.7 Å². The van der Waals surface area contributed by atoms with Gasteiger partial charge in [-0.2, -0.15) is 0 Å². The quantitative estimate of drug-likeness (QED) is 0.820. The van der Waals surface area contributed by atoms with Crippen LogP contribution in [0.15, 0.2) is 24.3 Å². The number of likely N-dealkylation sites (tertiary alicyclic amines) is 1. The van der Waals surface area contributed by atoms with Gasteiger partial charge in [0.2, 0.25) is 0 Å². The number of piperidine rings is 1. The molecule has 1 aromatic rings. The normalized spacial score (nSPS) is 20.0. The molecule has 1 aromatic carbocycles. The summed E-state index contributed by atoms with van der Waals surface area (Å²) in [5.41, 5.74) is 0.696. The number of aliphatic hydroxyl groups excluding tert-OH is 1. The van der Waals surface area contributed by atoms with Gasteiger partial charge in [0, 0.05) is 36.7 Å². The van der Waals surface area contributed by atoms with E-state index < -0.39 is 0 Å². The van der Waals surface area contributed by atoms with Crippen molar-refractivity contribution in [1.29, 1.82) is 0 Å². The molecule has 0 aliphatic carbocycles. The zero-order valence-electron chi connectivity index (χ0n) is 11.7. The van der Waals surface area contributed by atoms with E-state index in [1.807, 2.05) is 12.1 Å². The van der Waals surface area contributed by atoms with Crippen LogP contribution in [0.5, 0.6) is 0 Å². The summed E-state index contributed by atoms with van der Waals surface area (Å²) in [7, 11) is 0. The number of ketones is 1. The summed E-state index contributed by atoms with van der Waals surface area (Å²) in [5, 5.41) is 9.62. The van der Waals surface area contributed by atoms with E-state index in [1.165, 1.54) is 6.42 Å². The van der Waals surface area contributed by atoms with E-state index in [0.29, 0.717) is 22.9 Å². The van der Waals surface area contributed by atoms with Gasteiger partial charge in [0.05, 0.1) is 0 Å². The van der Waals surface area contributed by atoms with Gasteiger partial charge in [-0.15, -0.1) is 0 Å². The Morgan fingerprint density at radius 3 is 3.05 bits per heavy atom. The molecular weight excluding hydrogens is 274 g/mol. The molecule has 110 valence electrons. The molecule has 1 saturated heterocycles. The first-order valence-electron chi connectivity index (χ1n) is 7.31. The summed E-state index contributed by atoms with van der Waals surface area (Å²) in [6.07, 6.45) is 3.76. The van der Waals surface area contributed by atoms with Crippen LogP contribution in [0.25, 0.3) is 0 Å². The zero-order valence-corrected chi connectivity index (χ0v) is 12.5. The molecule has 0 bridgehead atoms. The van der Waals surface area contributed by atoms with Crippen LogP contribution in [-0.4, -0.2) is 42.0 Å². The number of benzene rings is 1. The molecule has 20 heavy (non-hydrogen) atoms. The zero-order chi connectivity index (χ0) is 14.4. The molecule has 0 amide bonds. The molecule has 1 heterocycles. The third-order valence-corrected chi connectivity index (χ3v) is 4.18.